The van der Waals surface area contributed by atoms with Crippen molar-refractivity contribution in [1.29, 1.82) is 0 Å². The third-order valence-electron chi connectivity index (χ3n) is 3.46. The summed E-state index contributed by atoms with van der Waals surface area (Å²) in [5, 5.41) is 0. The summed E-state index contributed by atoms with van der Waals surface area (Å²) in [4.78, 5) is 0. The summed E-state index contributed by atoms with van der Waals surface area (Å²) < 4.78 is 6.43. The van der Waals surface area contributed by atoms with Crippen molar-refractivity contribution < 1.29 is 4.74 Å². The van der Waals surface area contributed by atoms with Crippen LogP contribution in [0.4, 0.5) is 0 Å². The van der Waals surface area contributed by atoms with E-state index in [0.29, 0.717) is 5.92 Å². The molecule has 1 aromatic carbocycles. The van der Waals surface area contributed by atoms with Crippen LogP contribution in [0, 0.1) is 5.92 Å². The van der Waals surface area contributed by atoms with Gasteiger partial charge in [0.05, 0.1) is 7.11 Å². The summed E-state index contributed by atoms with van der Waals surface area (Å²) >= 11 is 3.45. The maximum absolute atomic E-state index is 6.33. The molecule has 1 aliphatic carbocycles. The summed E-state index contributed by atoms with van der Waals surface area (Å²) in [7, 11) is 1.70. The van der Waals surface area contributed by atoms with Gasteiger partial charge in [-0.05, 0) is 30.9 Å². The number of hydrogen-bond acceptors (Lipinski definition) is 2. The van der Waals surface area contributed by atoms with Crippen molar-refractivity contribution in [2.45, 2.75) is 31.7 Å². The first-order valence-electron chi connectivity index (χ1n) is 5.81. The zero-order chi connectivity index (χ0) is 11.5. The predicted molar refractivity (Wildman–Crippen MR) is 69.6 cm³/mol. The van der Waals surface area contributed by atoms with E-state index >= 15 is 0 Å². The third kappa shape index (κ3) is 2.41. The largest absolute Gasteiger partial charge is 0.496 e. The Morgan fingerprint density at radius 2 is 2.06 bits per heavy atom. The number of rotatable bonds is 3. The lowest BCUT2D eigenvalue weighted by Crippen LogP contribution is -2.19. The van der Waals surface area contributed by atoms with Crippen LogP contribution in [0.1, 0.15) is 37.3 Å². The van der Waals surface area contributed by atoms with Crippen LogP contribution < -0.4 is 10.5 Å². The van der Waals surface area contributed by atoms with Crippen molar-refractivity contribution in [2.24, 2.45) is 11.7 Å². The van der Waals surface area contributed by atoms with Crippen molar-refractivity contribution in [3.8, 4) is 5.75 Å². The molecule has 1 aromatic rings. The van der Waals surface area contributed by atoms with Crippen molar-refractivity contribution in [3.05, 3.63) is 28.2 Å². The SMILES string of the molecule is COc1cc(Br)ccc1[C@@H](N)C1CCCC1. The van der Waals surface area contributed by atoms with E-state index in [1.807, 2.05) is 12.1 Å². The van der Waals surface area contributed by atoms with Crippen LogP contribution in [0.25, 0.3) is 0 Å². The monoisotopic (exact) mass is 283 g/mol. The molecule has 0 bridgehead atoms. The Labute approximate surface area is 105 Å². The van der Waals surface area contributed by atoms with E-state index in [0.717, 1.165) is 15.8 Å². The van der Waals surface area contributed by atoms with Gasteiger partial charge in [-0.15, -0.1) is 0 Å². The molecular weight excluding hydrogens is 266 g/mol. The predicted octanol–water partition coefficient (Wildman–Crippen LogP) is 3.65. The van der Waals surface area contributed by atoms with E-state index in [2.05, 4.69) is 22.0 Å². The van der Waals surface area contributed by atoms with E-state index in [9.17, 15) is 0 Å². The van der Waals surface area contributed by atoms with Crippen molar-refractivity contribution >= 4 is 15.9 Å². The molecule has 0 heterocycles. The van der Waals surface area contributed by atoms with Crippen LogP contribution in [-0.2, 0) is 0 Å². The van der Waals surface area contributed by atoms with E-state index in [-0.39, 0.29) is 6.04 Å². The fourth-order valence-electron chi connectivity index (χ4n) is 2.53. The van der Waals surface area contributed by atoms with Gasteiger partial charge in [0, 0.05) is 16.1 Å². The zero-order valence-electron chi connectivity index (χ0n) is 9.58. The first-order valence-corrected chi connectivity index (χ1v) is 6.60. The molecule has 1 aliphatic rings. The van der Waals surface area contributed by atoms with Gasteiger partial charge >= 0.3 is 0 Å². The van der Waals surface area contributed by atoms with E-state index in [1.54, 1.807) is 7.11 Å². The average molecular weight is 284 g/mol. The van der Waals surface area contributed by atoms with Gasteiger partial charge in [0.15, 0.2) is 0 Å². The number of nitrogens with two attached hydrogens (primary N) is 1. The molecule has 0 spiro atoms. The number of methoxy groups -OCH3 is 1. The molecule has 0 amide bonds. The highest BCUT2D eigenvalue weighted by Crippen LogP contribution is 2.38. The summed E-state index contributed by atoms with van der Waals surface area (Å²) in [6, 6.07) is 6.22. The first-order chi connectivity index (χ1) is 7.72. The topological polar surface area (TPSA) is 35.2 Å². The van der Waals surface area contributed by atoms with Crippen LogP contribution in [-0.4, -0.2) is 7.11 Å². The summed E-state index contributed by atoms with van der Waals surface area (Å²) in [6.07, 6.45) is 5.13. The molecule has 0 aromatic heterocycles. The van der Waals surface area contributed by atoms with Gasteiger partial charge in [0.2, 0.25) is 0 Å². The molecule has 1 fully saturated rings. The lowest BCUT2D eigenvalue weighted by atomic mass is 9.92. The van der Waals surface area contributed by atoms with E-state index < -0.39 is 0 Å². The normalized spacial score (nSPS) is 18.7. The second kappa shape index (κ2) is 5.19. The highest BCUT2D eigenvalue weighted by Gasteiger charge is 2.25. The molecule has 0 radical (unpaired) electrons. The Morgan fingerprint density at radius 1 is 1.38 bits per heavy atom. The number of hydrogen-bond donors (Lipinski definition) is 1. The molecule has 2 rings (SSSR count). The van der Waals surface area contributed by atoms with Crippen LogP contribution in [0.15, 0.2) is 22.7 Å². The summed E-state index contributed by atoms with van der Waals surface area (Å²) in [6.45, 7) is 0. The minimum atomic E-state index is 0.116. The second-order valence-electron chi connectivity index (χ2n) is 4.46. The molecular formula is C13H18BrNO. The summed E-state index contributed by atoms with van der Waals surface area (Å²) in [5.41, 5.74) is 7.47. The quantitative estimate of drug-likeness (QED) is 0.919. The fourth-order valence-corrected chi connectivity index (χ4v) is 2.87. The fraction of sp³-hybridized carbons (Fsp3) is 0.538. The van der Waals surface area contributed by atoms with E-state index in [4.69, 9.17) is 10.5 Å². The van der Waals surface area contributed by atoms with E-state index in [1.165, 1.54) is 25.7 Å². The number of benzene rings is 1. The minimum Gasteiger partial charge on any atom is -0.496 e. The van der Waals surface area contributed by atoms with Gasteiger partial charge < -0.3 is 10.5 Å². The molecule has 0 saturated heterocycles. The average Bonchev–Trinajstić information content (AvgIpc) is 2.81. The number of halogens is 1. The van der Waals surface area contributed by atoms with Gasteiger partial charge in [0.25, 0.3) is 0 Å². The van der Waals surface area contributed by atoms with Crippen LogP contribution in [0.3, 0.4) is 0 Å². The molecule has 3 heteroatoms. The Bertz CT molecular complexity index is 361. The molecule has 0 aliphatic heterocycles. The van der Waals surface area contributed by atoms with Gasteiger partial charge in [-0.2, -0.15) is 0 Å². The molecule has 0 unspecified atom stereocenters. The zero-order valence-corrected chi connectivity index (χ0v) is 11.2. The minimum absolute atomic E-state index is 0.116. The van der Waals surface area contributed by atoms with Crippen molar-refractivity contribution in [3.63, 3.8) is 0 Å². The van der Waals surface area contributed by atoms with Gasteiger partial charge in [0.1, 0.15) is 5.75 Å². The molecule has 1 atom stereocenters. The Morgan fingerprint density at radius 3 is 2.69 bits per heavy atom. The Hall–Kier alpha value is -0.540. The summed E-state index contributed by atoms with van der Waals surface area (Å²) in [5.74, 6) is 1.52. The van der Waals surface area contributed by atoms with Gasteiger partial charge in [-0.1, -0.05) is 34.8 Å². The molecule has 1 saturated carbocycles. The smallest absolute Gasteiger partial charge is 0.124 e. The molecule has 16 heavy (non-hydrogen) atoms. The second-order valence-corrected chi connectivity index (χ2v) is 5.37. The molecule has 2 nitrogen and oxygen atoms in total. The molecule has 88 valence electrons. The standard InChI is InChI=1S/C13H18BrNO/c1-16-12-8-10(14)6-7-11(12)13(15)9-4-2-3-5-9/h6-9,13H,2-5,15H2,1H3/t13-/m0/s1. The molecule has 2 N–H and O–H groups in total. The van der Waals surface area contributed by atoms with Crippen molar-refractivity contribution in [1.82, 2.24) is 0 Å². The lowest BCUT2D eigenvalue weighted by Gasteiger charge is -2.21. The van der Waals surface area contributed by atoms with Crippen LogP contribution in [0.2, 0.25) is 0 Å². The maximum atomic E-state index is 6.33. The maximum Gasteiger partial charge on any atom is 0.124 e. The highest BCUT2D eigenvalue weighted by atomic mass is 79.9. The Kier molecular flexibility index (Phi) is 3.87. The van der Waals surface area contributed by atoms with Gasteiger partial charge in [-0.25, -0.2) is 0 Å². The third-order valence-corrected chi connectivity index (χ3v) is 3.96. The first kappa shape index (κ1) is 11.9. The Balaban J connectivity index is 2.24. The van der Waals surface area contributed by atoms with Crippen LogP contribution >= 0.6 is 15.9 Å². The van der Waals surface area contributed by atoms with Crippen LogP contribution in [0.5, 0.6) is 5.75 Å². The van der Waals surface area contributed by atoms with Gasteiger partial charge in [-0.3, -0.25) is 0 Å². The number of ether oxygens (including phenoxy) is 1. The highest BCUT2D eigenvalue weighted by molar-refractivity contribution is 9.10. The van der Waals surface area contributed by atoms with Crippen molar-refractivity contribution in [2.75, 3.05) is 7.11 Å². The lowest BCUT2D eigenvalue weighted by molar-refractivity contribution is 0.385.